The normalized spacial score (nSPS) is 18.3. The van der Waals surface area contributed by atoms with Gasteiger partial charge in [0.05, 0.1) is 16.1 Å². The summed E-state index contributed by atoms with van der Waals surface area (Å²) in [7, 11) is 0. The predicted octanol–water partition coefficient (Wildman–Crippen LogP) is 8.96. The molecule has 5 nitrogen and oxygen atoms in total. The van der Waals surface area contributed by atoms with Gasteiger partial charge >= 0.3 is 0 Å². The zero-order chi connectivity index (χ0) is 30.5. The van der Waals surface area contributed by atoms with Crippen LogP contribution in [0.2, 0.25) is 5.02 Å². The summed E-state index contributed by atoms with van der Waals surface area (Å²) in [6, 6.07) is 9.67. The van der Waals surface area contributed by atoms with Crippen molar-refractivity contribution in [3.63, 3.8) is 0 Å². The van der Waals surface area contributed by atoms with Gasteiger partial charge < -0.3 is 10.6 Å². The summed E-state index contributed by atoms with van der Waals surface area (Å²) in [5, 5.41) is 6.57. The standard InChI is InChI=1S/C34H40Cl2FN5/c1-6-8-9-27-10-12-29(33(37)32(27)36)23(3)22-41-25(5)34(40-17-7-2)42-28-11-13-30(31(35)21-28)24(4)39-20-16-26-14-18-38-19-15-26/h6-7,10-15,17-19,21,23,27,32,39H,1,4,8-9,16,20,22H2,2-3,5H3,(H,40,42)/b17-7-,41-25?. The third kappa shape index (κ3) is 9.53. The molecule has 42 heavy (non-hydrogen) atoms. The van der Waals surface area contributed by atoms with Crippen LogP contribution in [0.5, 0.6) is 0 Å². The van der Waals surface area contributed by atoms with E-state index in [1.807, 2.05) is 75.4 Å². The number of aromatic nitrogens is 1. The molecule has 3 unspecified atom stereocenters. The van der Waals surface area contributed by atoms with E-state index in [2.05, 4.69) is 33.8 Å². The third-order valence-corrected chi connectivity index (χ3v) is 7.84. The number of nitrogens with zero attached hydrogens (tertiary/aromatic N) is 3. The summed E-state index contributed by atoms with van der Waals surface area (Å²) in [5.74, 6) is 0.129. The van der Waals surface area contributed by atoms with Crippen LogP contribution in [0.25, 0.3) is 5.70 Å². The van der Waals surface area contributed by atoms with Crippen molar-refractivity contribution in [2.75, 3.05) is 18.4 Å². The van der Waals surface area contributed by atoms with Crippen molar-refractivity contribution in [1.82, 2.24) is 10.3 Å². The van der Waals surface area contributed by atoms with Crippen LogP contribution in [0.15, 0.2) is 108 Å². The van der Waals surface area contributed by atoms with Crippen molar-refractivity contribution < 1.29 is 4.39 Å². The Balaban J connectivity index is 1.65. The maximum Gasteiger partial charge on any atom is 0.151 e. The van der Waals surface area contributed by atoms with E-state index < -0.39 is 5.38 Å². The Labute approximate surface area is 259 Å². The zero-order valence-corrected chi connectivity index (χ0v) is 26.1. The third-order valence-electron chi connectivity index (χ3n) is 7.01. The molecule has 1 aliphatic carbocycles. The average molecular weight is 609 g/mol. The van der Waals surface area contributed by atoms with Crippen molar-refractivity contribution in [3.05, 3.63) is 114 Å². The number of alkyl halides is 1. The van der Waals surface area contributed by atoms with Crippen LogP contribution >= 0.6 is 23.2 Å². The summed E-state index contributed by atoms with van der Waals surface area (Å²) >= 11 is 13.1. The molecule has 8 heteroatoms. The summed E-state index contributed by atoms with van der Waals surface area (Å²) in [4.78, 5) is 13.3. The topological polar surface area (TPSA) is 61.7 Å². The molecule has 1 heterocycles. The fraction of sp³-hybridized carbons (Fsp3) is 0.324. The second-order valence-electron chi connectivity index (χ2n) is 10.2. The van der Waals surface area contributed by atoms with Crippen molar-refractivity contribution in [3.8, 4) is 0 Å². The van der Waals surface area contributed by atoms with Gasteiger partial charge in [-0.05, 0) is 74.6 Å². The van der Waals surface area contributed by atoms with Gasteiger partial charge in [-0.2, -0.15) is 0 Å². The molecular weight excluding hydrogens is 568 g/mol. The van der Waals surface area contributed by atoms with Crippen molar-refractivity contribution in [2.24, 2.45) is 21.8 Å². The van der Waals surface area contributed by atoms with E-state index in [9.17, 15) is 0 Å². The van der Waals surface area contributed by atoms with Gasteiger partial charge in [-0.3, -0.25) is 9.98 Å². The molecule has 1 aromatic heterocycles. The van der Waals surface area contributed by atoms with Crippen LogP contribution in [0.1, 0.15) is 44.7 Å². The molecule has 0 saturated carbocycles. The molecule has 1 aliphatic rings. The first kappa shape index (κ1) is 33.0. The average Bonchev–Trinajstić information content (AvgIpc) is 2.99. The highest BCUT2D eigenvalue weighted by molar-refractivity contribution is 6.45. The number of pyridine rings is 1. The number of allylic oxidation sites excluding steroid dienone is 5. The van der Waals surface area contributed by atoms with E-state index in [-0.39, 0.29) is 17.7 Å². The number of halogens is 3. The van der Waals surface area contributed by atoms with E-state index in [0.29, 0.717) is 28.7 Å². The number of anilines is 1. The van der Waals surface area contributed by atoms with Gasteiger partial charge in [0.2, 0.25) is 0 Å². The van der Waals surface area contributed by atoms with E-state index in [4.69, 9.17) is 28.2 Å². The molecule has 0 aliphatic heterocycles. The van der Waals surface area contributed by atoms with Gasteiger partial charge in [0.25, 0.3) is 0 Å². The number of amidine groups is 1. The van der Waals surface area contributed by atoms with E-state index in [1.54, 1.807) is 18.6 Å². The first-order valence-electron chi connectivity index (χ1n) is 14.2. The Morgan fingerprint density at radius 1 is 1.24 bits per heavy atom. The fourth-order valence-electron chi connectivity index (χ4n) is 4.49. The minimum atomic E-state index is -0.661. The van der Waals surface area contributed by atoms with E-state index >= 15 is 4.39 Å². The highest BCUT2D eigenvalue weighted by atomic mass is 35.5. The molecule has 0 bridgehead atoms. The van der Waals surface area contributed by atoms with Crippen LogP contribution in [0, 0.1) is 11.8 Å². The number of nitrogens with one attached hydrogen (secondary N) is 2. The Bertz CT molecular complexity index is 1380. The maximum absolute atomic E-state index is 15.1. The molecular formula is C34H40Cl2FN5. The molecule has 1 aromatic carbocycles. The van der Waals surface area contributed by atoms with Gasteiger partial charge in [-0.25, -0.2) is 9.38 Å². The van der Waals surface area contributed by atoms with Crippen LogP contribution in [-0.4, -0.2) is 35.0 Å². The summed E-state index contributed by atoms with van der Waals surface area (Å²) in [6.45, 7) is 14.7. The Kier molecular flexibility index (Phi) is 13.2. The zero-order valence-electron chi connectivity index (χ0n) is 24.6. The number of hydrogen-bond acceptors (Lipinski definition) is 4. The lowest BCUT2D eigenvalue weighted by Crippen LogP contribution is -2.23. The van der Waals surface area contributed by atoms with Crippen LogP contribution in [0.4, 0.5) is 10.1 Å². The number of rotatable bonds is 14. The number of hydrogen-bond donors (Lipinski definition) is 2. The monoisotopic (exact) mass is 607 g/mol. The second kappa shape index (κ2) is 16.8. The van der Waals surface area contributed by atoms with Crippen LogP contribution in [0.3, 0.4) is 0 Å². The quantitative estimate of drug-likeness (QED) is 0.0974. The molecule has 0 fully saturated rings. The molecule has 3 rings (SSSR count). The highest BCUT2D eigenvalue weighted by Crippen LogP contribution is 2.35. The maximum atomic E-state index is 15.1. The van der Waals surface area contributed by atoms with E-state index in [0.717, 1.165) is 42.8 Å². The summed E-state index contributed by atoms with van der Waals surface area (Å²) in [5.41, 5.74) is 4.82. The Hall–Kier alpha value is -3.48. The highest BCUT2D eigenvalue weighted by Gasteiger charge is 2.28. The minimum Gasteiger partial charge on any atom is -0.385 e. The van der Waals surface area contributed by atoms with Gasteiger partial charge in [0.15, 0.2) is 5.84 Å². The molecule has 2 N–H and O–H groups in total. The van der Waals surface area contributed by atoms with Gasteiger partial charge in [-0.15, -0.1) is 18.2 Å². The first-order chi connectivity index (χ1) is 20.2. The Morgan fingerprint density at radius 2 is 2.00 bits per heavy atom. The van der Waals surface area contributed by atoms with Crippen LogP contribution < -0.4 is 10.6 Å². The minimum absolute atomic E-state index is 0.0344. The SMILES string of the molecule is C=CCCC1C=CC(C(C)CN=C(C)C(=N/C=C\C)Nc2ccc(C(=C)NCCc3ccncc3)c(Cl)c2)=C(F)C1Cl. The summed E-state index contributed by atoms with van der Waals surface area (Å²) < 4.78 is 15.1. The molecule has 3 atom stereocenters. The lowest BCUT2D eigenvalue weighted by molar-refractivity contribution is 0.478. The molecule has 0 spiro atoms. The van der Waals surface area contributed by atoms with Crippen molar-refractivity contribution >= 4 is 46.1 Å². The second-order valence-corrected chi connectivity index (χ2v) is 11.1. The molecule has 222 valence electrons. The summed E-state index contributed by atoms with van der Waals surface area (Å²) in [6.07, 6.45) is 15.2. The molecule has 0 saturated heterocycles. The largest absolute Gasteiger partial charge is 0.385 e. The van der Waals surface area contributed by atoms with E-state index in [1.165, 1.54) is 5.56 Å². The number of aliphatic imine (C=N–C) groups is 2. The Morgan fingerprint density at radius 3 is 2.69 bits per heavy atom. The van der Waals surface area contributed by atoms with Gasteiger partial charge in [0, 0.05) is 60.5 Å². The smallest absolute Gasteiger partial charge is 0.151 e. The van der Waals surface area contributed by atoms with Crippen molar-refractivity contribution in [1.29, 1.82) is 0 Å². The number of benzene rings is 1. The fourth-order valence-corrected chi connectivity index (χ4v) is 5.12. The predicted molar refractivity (Wildman–Crippen MR) is 179 cm³/mol. The lowest BCUT2D eigenvalue weighted by Gasteiger charge is -2.25. The lowest BCUT2D eigenvalue weighted by atomic mass is 9.87. The molecule has 0 amide bonds. The first-order valence-corrected chi connectivity index (χ1v) is 15.0. The van der Waals surface area contributed by atoms with Gasteiger partial charge in [0.1, 0.15) is 5.83 Å². The molecule has 2 aromatic rings. The van der Waals surface area contributed by atoms with Gasteiger partial charge in [-0.1, -0.05) is 49.4 Å². The van der Waals surface area contributed by atoms with Crippen LogP contribution in [-0.2, 0) is 6.42 Å². The van der Waals surface area contributed by atoms with Crippen molar-refractivity contribution in [2.45, 2.75) is 45.4 Å². The molecule has 0 radical (unpaired) electrons.